The summed E-state index contributed by atoms with van der Waals surface area (Å²) >= 11 is 7.32. The van der Waals surface area contributed by atoms with E-state index in [1.807, 2.05) is 36.6 Å². The summed E-state index contributed by atoms with van der Waals surface area (Å²) in [6.07, 6.45) is 1.11. The largest absolute Gasteiger partial charge is 0.302 e. The molecule has 0 saturated heterocycles. The topological polar surface area (TPSA) is 42.0 Å². The molecule has 5 heteroatoms. The Bertz CT molecular complexity index is 553. The fourth-order valence-electron chi connectivity index (χ4n) is 1.54. The molecule has 2 rings (SSSR count). The van der Waals surface area contributed by atoms with Crippen LogP contribution in [0.25, 0.3) is 0 Å². The van der Waals surface area contributed by atoms with Crippen LogP contribution in [0.5, 0.6) is 0 Å². The van der Waals surface area contributed by atoms with Crippen LogP contribution in [0.1, 0.15) is 17.7 Å². The zero-order chi connectivity index (χ0) is 13.0. The Morgan fingerprint density at radius 3 is 3.00 bits per heavy atom. The van der Waals surface area contributed by atoms with Gasteiger partial charge in [0.1, 0.15) is 0 Å². The molecule has 0 radical (unpaired) electrons. The molecule has 0 aliphatic rings. The van der Waals surface area contributed by atoms with E-state index in [-0.39, 0.29) is 5.91 Å². The van der Waals surface area contributed by atoms with Crippen LogP contribution < -0.4 is 5.32 Å². The molecule has 0 bridgehead atoms. The maximum Gasteiger partial charge on any atom is 0.226 e. The van der Waals surface area contributed by atoms with E-state index in [4.69, 9.17) is 11.6 Å². The Morgan fingerprint density at radius 2 is 2.33 bits per heavy atom. The van der Waals surface area contributed by atoms with Crippen molar-refractivity contribution in [3.05, 3.63) is 45.9 Å². The molecule has 0 saturated carbocycles. The number of halogens is 1. The number of nitrogens with zero attached hydrogens (tertiary/aromatic N) is 1. The molecule has 1 heterocycles. The van der Waals surface area contributed by atoms with Crippen LogP contribution >= 0.6 is 22.9 Å². The average molecular weight is 281 g/mol. The summed E-state index contributed by atoms with van der Waals surface area (Å²) in [6, 6.07) is 7.55. The molecule has 0 spiro atoms. The van der Waals surface area contributed by atoms with Gasteiger partial charge in [-0.15, -0.1) is 11.3 Å². The number of benzene rings is 1. The number of carbonyl (C=O) groups is 1. The van der Waals surface area contributed by atoms with Crippen molar-refractivity contribution in [2.24, 2.45) is 0 Å². The lowest BCUT2D eigenvalue weighted by molar-refractivity contribution is -0.116. The number of aryl methyl sites for hydroxylation is 2. The van der Waals surface area contributed by atoms with Crippen LogP contribution in [0.2, 0.25) is 5.02 Å². The second kappa shape index (κ2) is 5.98. The van der Waals surface area contributed by atoms with Crippen molar-refractivity contribution in [2.45, 2.75) is 19.8 Å². The maximum absolute atomic E-state index is 11.7. The number of rotatable bonds is 4. The molecule has 0 atom stereocenters. The normalized spacial score (nSPS) is 10.3. The van der Waals surface area contributed by atoms with E-state index in [2.05, 4.69) is 10.3 Å². The molecular formula is C13H13ClN2OS. The predicted octanol–water partition coefficient (Wildman–Crippen LogP) is 3.68. The Labute approximate surface area is 115 Å². The van der Waals surface area contributed by atoms with Crippen LogP contribution in [0.15, 0.2) is 29.6 Å². The summed E-state index contributed by atoms with van der Waals surface area (Å²) in [7, 11) is 0. The minimum absolute atomic E-state index is 0.0238. The molecule has 0 unspecified atom stereocenters. The summed E-state index contributed by atoms with van der Waals surface area (Å²) in [4.78, 5) is 15.9. The molecule has 2 aromatic rings. The van der Waals surface area contributed by atoms with Gasteiger partial charge in [0.15, 0.2) is 5.13 Å². The van der Waals surface area contributed by atoms with Gasteiger partial charge in [-0.25, -0.2) is 4.98 Å². The van der Waals surface area contributed by atoms with Gasteiger partial charge in [-0.05, 0) is 31.0 Å². The Morgan fingerprint density at radius 1 is 1.50 bits per heavy atom. The summed E-state index contributed by atoms with van der Waals surface area (Å²) in [5.41, 5.74) is 1.98. The molecule has 0 aliphatic heterocycles. The van der Waals surface area contributed by atoms with Crippen LogP contribution in [-0.4, -0.2) is 10.9 Å². The third kappa shape index (κ3) is 3.82. The number of carbonyl (C=O) groups excluding carboxylic acids is 1. The summed E-state index contributed by atoms with van der Waals surface area (Å²) in [5, 5.41) is 6.05. The van der Waals surface area contributed by atoms with Crippen LogP contribution in [0.3, 0.4) is 0 Å². The number of thiazole rings is 1. The zero-order valence-electron chi connectivity index (χ0n) is 9.94. The smallest absolute Gasteiger partial charge is 0.226 e. The lowest BCUT2D eigenvalue weighted by Gasteiger charge is -2.02. The van der Waals surface area contributed by atoms with Gasteiger partial charge >= 0.3 is 0 Å². The highest BCUT2D eigenvalue weighted by molar-refractivity contribution is 7.13. The number of hydrogen-bond acceptors (Lipinski definition) is 3. The van der Waals surface area contributed by atoms with Crippen molar-refractivity contribution in [1.82, 2.24) is 4.98 Å². The molecule has 1 N–H and O–H groups in total. The van der Waals surface area contributed by atoms with Gasteiger partial charge in [0.25, 0.3) is 0 Å². The molecule has 94 valence electrons. The molecular weight excluding hydrogens is 268 g/mol. The van der Waals surface area contributed by atoms with Gasteiger partial charge in [0.2, 0.25) is 5.91 Å². The highest BCUT2D eigenvalue weighted by atomic mass is 35.5. The first-order valence-electron chi connectivity index (χ1n) is 5.60. The minimum atomic E-state index is -0.0238. The molecule has 0 fully saturated rings. The van der Waals surface area contributed by atoms with Gasteiger partial charge in [0.05, 0.1) is 5.69 Å². The van der Waals surface area contributed by atoms with Crippen LogP contribution in [0.4, 0.5) is 5.13 Å². The third-order valence-corrected chi connectivity index (χ3v) is 3.51. The number of aromatic nitrogens is 1. The van der Waals surface area contributed by atoms with Gasteiger partial charge in [-0.1, -0.05) is 23.7 Å². The number of nitrogens with one attached hydrogen (secondary N) is 1. The number of anilines is 1. The van der Waals surface area contributed by atoms with Gasteiger partial charge in [-0.3, -0.25) is 4.79 Å². The Balaban J connectivity index is 1.85. The van der Waals surface area contributed by atoms with Crippen molar-refractivity contribution in [1.29, 1.82) is 0 Å². The Kier molecular flexibility index (Phi) is 4.33. The third-order valence-electron chi connectivity index (χ3n) is 2.40. The van der Waals surface area contributed by atoms with Gasteiger partial charge < -0.3 is 5.32 Å². The molecule has 18 heavy (non-hydrogen) atoms. The molecule has 1 amide bonds. The first-order chi connectivity index (χ1) is 8.63. The highest BCUT2D eigenvalue weighted by Crippen LogP contribution is 2.16. The lowest BCUT2D eigenvalue weighted by Crippen LogP contribution is -2.12. The second-order valence-electron chi connectivity index (χ2n) is 3.97. The quantitative estimate of drug-likeness (QED) is 0.928. The highest BCUT2D eigenvalue weighted by Gasteiger charge is 2.05. The van der Waals surface area contributed by atoms with Crippen molar-refractivity contribution in [2.75, 3.05) is 5.32 Å². The number of hydrogen-bond donors (Lipinski definition) is 1. The van der Waals surface area contributed by atoms with Crippen LogP contribution in [-0.2, 0) is 11.2 Å². The van der Waals surface area contributed by atoms with E-state index in [0.29, 0.717) is 23.0 Å². The van der Waals surface area contributed by atoms with Crippen molar-refractivity contribution in [3.8, 4) is 0 Å². The first kappa shape index (κ1) is 13.1. The van der Waals surface area contributed by atoms with Gasteiger partial charge in [-0.2, -0.15) is 0 Å². The Hall–Kier alpha value is -1.39. The fraction of sp³-hybridized carbons (Fsp3) is 0.231. The van der Waals surface area contributed by atoms with E-state index in [1.54, 1.807) is 0 Å². The average Bonchev–Trinajstić information content (AvgIpc) is 2.72. The van der Waals surface area contributed by atoms with E-state index in [0.717, 1.165) is 11.3 Å². The summed E-state index contributed by atoms with van der Waals surface area (Å²) in [5.74, 6) is -0.0238. The first-order valence-corrected chi connectivity index (χ1v) is 6.85. The van der Waals surface area contributed by atoms with E-state index >= 15 is 0 Å². The standard InChI is InChI=1S/C13H13ClN2OS/c1-9-8-18-13(15-9)16-12(17)6-5-10-3-2-4-11(14)7-10/h2-4,7-8H,5-6H2,1H3,(H,15,16,17). The minimum Gasteiger partial charge on any atom is -0.302 e. The predicted molar refractivity (Wildman–Crippen MR) is 75.3 cm³/mol. The summed E-state index contributed by atoms with van der Waals surface area (Å²) in [6.45, 7) is 1.90. The maximum atomic E-state index is 11.7. The molecule has 3 nitrogen and oxygen atoms in total. The van der Waals surface area contributed by atoms with Crippen molar-refractivity contribution >= 4 is 34.0 Å². The van der Waals surface area contributed by atoms with E-state index in [1.165, 1.54) is 11.3 Å². The number of amides is 1. The molecule has 1 aromatic heterocycles. The van der Waals surface area contributed by atoms with E-state index in [9.17, 15) is 4.79 Å². The monoisotopic (exact) mass is 280 g/mol. The van der Waals surface area contributed by atoms with Crippen molar-refractivity contribution < 1.29 is 4.79 Å². The second-order valence-corrected chi connectivity index (χ2v) is 5.27. The van der Waals surface area contributed by atoms with Crippen LogP contribution in [0, 0.1) is 6.92 Å². The lowest BCUT2D eigenvalue weighted by atomic mass is 10.1. The zero-order valence-corrected chi connectivity index (χ0v) is 11.5. The van der Waals surface area contributed by atoms with Gasteiger partial charge in [0, 0.05) is 16.8 Å². The SMILES string of the molecule is Cc1csc(NC(=O)CCc2cccc(Cl)c2)n1. The summed E-state index contributed by atoms with van der Waals surface area (Å²) < 4.78 is 0. The fourth-order valence-corrected chi connectivity index (χ4v) is 2.46. The van der Waals surface area contributed by atoms with Crippen molar-refractivity contribution in [3.63, 3.8) is 0 Å². The van der Waals surface area contributed by atoms with E-state index < -0.39 is 0 Å². The molecule has 1 aromatic carbocycles. The molecule has 0 aliphatic carbocycles.